The van der Waals surface area contributed by atoms with Gasteiger partial charge in [0.2, 0.25) is 0 Å². The van der Waals surface area contributed by atoms with Gasteiger partial charge in [-0.15, -0.1) is 11.3 Å². The molecular weight excluding hydrogens is 294 g/mol. The predicted molar refractivity (Wildman–Crippen MR) is 79.5 cm³/mol. The molecule has 1 aromatic rings. The Morgan fingerprint density at radius 1 is 1.41 bits per heavy atom. The number of rotatable bonds is 5. The minimum absolute atomic E-state index is 0.960. The molecule has 1 aliphatic carbocycles. The molecule has 0 aliphatic heterocycles. The van der Waals surface area contributed by atoms with E-state index in [-0.39, 0.29) is 0 Å². The number of thiophene rings is 1. The second kappa shape index (κ2) is 6.91. The highest BCUT2D eigenvalue weighted by atomic mass is 79.9. The first-order valence-corrected chi connectivity index (χ1v) is 8.30. The highest BCUT2D eigenvalue weighted by Gasteiger charge is 2.17. The Morgan fingerprint density at radius 2 is 2.29 bits per heavy atom. The lowest BCUT2D eigenvalue weighted by molar-refractivity contribution is 0.267. The van der Waals surface area contributed by atoms with Crippen molar-refractivity contribution in [2.75, 3.05) is 6.54 Å². The fourth-order valence-electron chi connectivity index (χ4n) is 2.79. The Labute approximate surface area is 117 Å². The quantitative estimate of drug-likeness (QED) is 0.768. The van der Waals surface area contributed by atoms with E-state index in [1.165, 1.54) is 47.3 Å². The van der Waals surface area contributed by atoms with Crippen molar-refractivity contribution in [1.29, 1.82) is 0 Å². The predicted octanol–water partition coefficient (Wildman–Crippen LogP) is 4.82. The summed E-state index contributed by atoms with van der Waals surface area (Å²) in [5.74, 6) is 1.93. The van der Waals surface area contributed by atoms with Gasteiger partial charge in [-0.3, -0.25) is 0 Å². The summed E-state index contributed by atoms with van der Waals surface area (Å²) >= 11 is 5.33. The van der Waals surface area contributed by atoms with E-state index in [0.717, 1.165) is 18.4 Å². The van der Waals surface area contributed by atoms with Gasteiger partial charge in [-0.1, -0.05) is 26.2 Å². The molecule has 96 valence electrons. The highest BCUT2D eigenvalue weighted by Crippen LogP contribution is 2.30. The van der Waals surface area contributed by atoms with Crippen LogP contribution in [0.5, 0.6) is 0 Å². The first-order chi connectivity index (χ1) is 8.24. The van der Waals surface area contributed by atoms with E-state index in [2.05, 4.69) is 40.3 Å². The molecule has 2 atom stereocenters. The van der Waals surface area contributed by atoms with Crippen molar-refractivity contribution in [1.82, 2.24) is 5.32 Å². The van der Waals surface area contributed by atoms with Gasteiger partial charge in [0.25, 0.3) is 0 Å². The number of hydrogen-bond acceptors (Lipinski definition) is 2. The molecule has 1 aliphatic rings. The van der Waals surface area contributed by atoms with E-state index in [4.69, 9.17) is 0 Å². The summed E-state index contributed by atoms with van der Waals surface area (Å²) < 4.78 is 1.23. The maximum atomic E-state index is 3.57. The molecule has 1 nitrogen and oxygen atoms in total. The largest absolute Gasteiger partial charge is 0.312 e. The van der Waals surface area contributed by atoms with E-state index >= 15 is 0 Å². The monoisotopic (exact) mass is 315 g/mol. The molecule has 0 spiro atoms. The molecule has 1 aromatic heterocycles. The standard InChI is InChI=1S/C14H22BrNS/c1-11-3-2-4-12(9-11)7-8-16-10-13-5-6-14(15)17-13/h5-6,11-12,16H,2-4,7-10H2,1H3. The van der Waals surface area contributed by atoms with Gasteiger partial charge in [-0.25, -0.2) is 0 Å². The zero-order chi connectivity index (χ0) is 12.1. The molecule has 2 rings (SSSR count). The van der Waals surface area contributed by atoms with Crippen molar-refractivity contribution in [3.05, 3.63) is 20.8 Å². The molecule has 1 heterocycles. The van der Waals surface area contributed by atoms with Gasteiger partial charge in [0.05, 0.1) is 3.79 Å². The van der Waals surface area contributed by atoms with Gasteiger partial charge >= 0.3 is 0 Å². The van der Waals surface area contributed by atoms with Crippen LogP contribution in [0.15, 0.2) is 15.9 Å². The van der Waals surface area contributed by atoms with E-state index in [9.17, 15) is 0 Å². The first kappa shape index (κ1) is 13.6. The van der Waals surface area contributed by atoms with Gasteiger partial charge in [0, 0.05) is 11.4 Å². The minimum Gasteiger partial charge on any atom is -0.312 e. The smallest absolute Gasteiger partial charge is 0.0701 e. The van der Waals surface area contributed by atoms with Crippen LogP contribution in [0.1, 0.15) is 43.9 Å². The van der Waals surface area contributed by atoms with Crippen LogP contribution < -0.4 is 5.32 Å². The molecular formula is C14H22BrNS. The number of nitrogens with one attached hydrogen (secondary N) is 1. The van der Waals surface area contributed by atoms with Crippen LogP contribution in [0.25, 0.3) is 0 Å². The molecule has 0 aromatic carbocycles. The van der Waals surface area contributed by atoms with Crippen LogP contribution in [0, 0.1) is 11.8 Å². The summed E-state index contributed by atoms with van der Waals surface area (Å²) in [5, 5.41) is 3.57. The molecule has 1 saturated carbocycles. The van der Waals surface area contributed by atoms with Crippen LogP contribution in [0.3, 0.4) is 0 Å². The van der Waals surface area contributed by atoms with Crippen molar-refractivity contribution in [3.8, 4) is 0 Å². The lowest BCUT2D eigenvalue weighted by Crippen LogP contribution is -2.20. The van der Waals surface area contributed by atoms with Crippen molar-refractivity contribution >= 4 is 27.3 Å². The molecule has 1 fully saturated rings. The van der Waals surface area contributed by atoms with Crippen molar-refractivity contribution < 1.29 is 0 Å². The van der Waals surface area contributed by atoms with Gasteiger partial charge < -0.3 is 5.32 Å². The van der Waals surface area contributed by atoms with Gasteiger partial charge in [-0.05, 0) is 59.3 Å². The number of hydrogen-bond donors (Lipinski definition) is 1. The van der Waals surface area contributed by atoms with Crippen LogP contribution in [0.2, 0.25) is 0 Å². The maximum absolute atomic E-state index is 3.57. The molecule has 3 heteroatoms. The summed E-state index contributed by atoms with van der Waals surface area (Å²) in [5.41, 5.74) is 0. The Balaban J connectivity index is 1.59. The van der Waals surface area contributed by atoms with Crippen LogP contribution in [-0.2, 0) is 6.54 Å². The van der Waals surface area contributed by atoms with E-state index in [1.54, 1.807) is 0 Å². The fraction of sp³-hybridized carbons (Fsp3) is 0.714. The van der Waals surface area contributed by atoms with Gasteiger partial charge in [0.1, 0.15) is 0 Å². The molecule has 1 N–H and O–H groups in total. The first-order valence-electron chi connectivity index (χ1n) is 6.69. The van der Waals surface area contributed by atoms with E-state index in [0.29, 0.717) is 0 Å². The van der Waals surface area contributed by atoms with Crippen LogP contribution in [-0.4, -0.2) is 6.54 Å². The van der Waals surface area contributed by atoms with Crippen molar-refractivity contribution in [2.45, 2.75) is 45.6 Å². The van der Waals surface area contributed by atoms with Gasteiger partial charge in [0.15, 0.2) is 0 Å². The van der Waals surface area contributed by atoms with Crippen LogP contribution >= 0.6 is 27.3 Å². The average Bonchev–Trinajstić information content (AvgIpc) is 2.71. The fourth-order valence-corrected chi connectivity index (χ4v) is 4.24. The normalized spacial score (nSPS) is 25.1. The van der Waals surface area contributed by atoms with Crippen molar-refractivity contribution in [2.24, 2.45) is 11.8 Å². The second-order valence-electron chi connectivity index (χ2n) is 5.31. The summed E-state index contributed by atoms with van der Waals surface area (Å²) in [6.07, 6.45) is 7.16. The Morgan fingerprint density at radius 3 is 3.00 bits per heavy atom. The Kier molecular flexibility index (Phi) is 5.51. The lowest BCUT2D eigenvalue weighted by Gasteiger charge is -2.26. The third kappa shape index (κ3) is 4.72. The summed E-state index contributed by atoms with van der Waals surface area (Å²) in [6, 6.07) is 4.33. The summed E-state index contributed by atoms with van der Waals surface area (Å²) in [6.45, 7) is 4.61. The highest BCUT2D eigenvalue weighted by molar-refractivity contribution is 9.11. The average molecular weight is 316 g/mol. The molecule has 0 saturated heterocycles. The summed E-state index contributed by atoms with van der Waals surface area (Å²) in [7, 11) is 0. The molecule has 0 bridgehead atoms. The SMILES string of the molecule is CC1CCCC(CCNCc2ccc(Br)s2)C1. The summed E-state index contributed by atoms with van der Waals surface area (Å²) in [4.78, 5) is 1.42. The zero-order valence-corrected chi connectivity index (χ0v) is 12.9. The van der Waals surface area contributed by atoms with E-state index in [1.807, 2.05) is 11.3 Å². The topological polar surface area (TPSA) is 12.0 Å². The molecule has 17 heavy (non-hydrogen) atoms. The number of halogens is 1. The van der Waals surface area contributed by atoms with Crippen LogP contribution in [0.4, 0.5) is 0 Å². The van der Waals surface area contributed by atoms with Crippen molar-refractivity contribution in [3.63, 3.8) is 0 Å². The lowest BCUT2D eigenvalue weighted by atomic mass is 9.81. The molecule has 2 unspecified atom stereocenters. The van der Waals surface area contributed by atoms with E-state index < -0.39 is 0 Å². The molecule has 0 amide bonds. The second-order valence-corrected chi connectivity index (χ2v) is 7.86. The maximum Gasteiger partial charge on any atom is 0.0701 e. The van der Waals surface area contributed by atoms with Gasteiger partial charge in [-0.2, -0.15) is 0 Å². The Bertz CT molecular complexity index is 337. The Hall–Kier alpha value is 0.140. The third-order valence-corrected chi connectivity index (χ3v) is 5.33. The third-order valence-electron chi connectivity index (χ3n) is 3.70. The minimum atomic E-state index is 0.960. The zero-order valence-electron chi connectivity index (χ0n) is 10.5. The molecule has 0 radical (unpaired) electrons.